The molecule has 1 aliphatic rings. The van der Waals surface area contributed by atoms with Gasteiger partial charge in [-0.25, -0.2) is 10.2 Å². The quantitative estimate of drug-likeness (QED) is 0.457. The van der Waals surface area contributed by atoms with Crippen molar-refractivity contribution in [1.29, 1.82) is 0 Å². The van der Waals surface area contributed by atoms with E-state index in [4.69, 9.17) is 17.0 Å². The second kappa shape index (κ2) is 6.41. The molecule has 0 unspecified atom stereocenters. The lowest BCUT2D eigenvalue weighted by molar-refractivity contribution is 0.114. The first-order valence-corrected chi connectivity index (χ1v) is 5.12. The van der Waals surface area contributed by atoms with Gasteiger partial charge < -0.3 is 14.8 Å². The second-order valence-corrected chi connectivity index (χ2v) is 3.49. The molecule has 86 valence electrons. The Labute approximate surface area is 93.7 Å². The van der Waals surface area contributed by atoms with Gasteiger partial charge >= 0.3 is 6.09 Å². The summed E-state index contributed by atoms with van der Waals surface area (Å²) in [6.07, 6.45) is 1.76. The van der Waals surface area contributed by atoms with Gasteiger partial charge in [-0.15, -0.1) is 0 Å². The maximum atomic E-state index is 10.7. The van der Waals surface area contributed by atoms with Crippen LogP contribution >= 0.6 is 12.2 Å². The highest BCUT2D eigenvalue weighted by Gasteiger charge is 2.15. The first-order valence-electron chi connectivity index (χ1n) is 4.72. The lowest BCUT2D eigenvalue weighted by atomic mass is 10.2. The maximum absolute atomic E-state index is 10.7. The molecule has 1 rings (SSSR count). The van der Waals surface area contributed by atoms with E-state index in [-0.39, 0.29) is 6.10 Å². The summed E-state index contributed by atoms with van der Waals surface area (Å²) in [5.74, 6) is 0. The van der Waals surface area contributed by atoms with Gasteiger partial charge in [0.15, 0.2) is 5.11 Å². The van der Waals surface area contributed by atoms with Crippen molar-refractivity contribution in [3.05, 3.63) is 0 Å². The summed E-state index contributed by atoms with van der Waals surface area (Å²) < 4.78 is 9.74. The Balaban J connectivity index is 2.05. The highest BCUT2D eigenvalue weighted by atomic mass is 32.1. The van der Waals surface area contributed by atoms with Crippen molar-refractivity contribution in [3.8, 4) is 0 Å². The Morgan fingerprint density at radius 3 is 3.00 bits per heavy atom. The van der Waals surface area contributed by atoms with E-state index in [0.717, 1.165) is 19.4 Å². The molecule has 0 bridgehead atoms. The summed E-state index contributed by atoms with van der Waals surface area (Å²) >= 11 is 4.91. The fourth-order valence-electron chi connectivity index (χ4n) is 1.21. The minimum atomic E-state index is -0.587. The van der Waals surface area contributed by atoms with Gasteiger partial charge in [0, 0.05) is 13.2 Å². The fraction of sp³-hybridized carbons (Fsp3) is 0.750. The number of rotatable bonds is 2. The number of methoxy groups -OCH3 is 1. The van der Waals surface area contributed by atoms with Crippen LogP contribution in [0.5, 0.6) is 0 Å². The van der Waals surface area contributed by atoms with Gasteiger partial charge in [-0.1, -0.05) is 0 Å². The molecule has 6 nitrogen and oxygen atoms in total. The summed E-state index contributed by atoms with van der Waals surface area (Å²) in [7, 11) is 1.28. The van der Waals surface area contributed by atoms with Crippen LogP contribution in [0.1, 0.15) is 12.8 Å². The lowest BCUT2D eigenvalue weighted by Gasteiger charge is -2.13. The zero-order valence-corrected chi connectivity index (χ0v) is 9.36. The molecule has 7 heteroatoms. The van der Waals surface area contributed by atoms with Gasteiger partial charge in [0.25, 0.3) is 0 Å². The number of carbonyl (C=O) groups is 1. The van der Waals surface area contributed by atoms with E-state index >= 15 is 0 Å². The number of ether oxygens (including phenoxy) is 2. The van der Waals surface area contributed by atoms with Crippen molar-refractivity contribution in [3.63, 3.8) is 0 Å². The molecule has 0 aromatic carbocycles. The molecule has 0 spiro atoms. The van der Waals surface area contributed by atoms with Crippen molar-refractivity contribution in [2.24, 2.45) is 0 Å². The molecule has 0 aromatic heterocycles. The second-order valence-electron chi connectivity index (χ2n) is 3.09. The van der Waals surface area contributed by atoms with Crippen LogP contribution in [0.25, 0.3) is 0 Å². The molecule has 0 radical (unpaired) electrons. The van der Waals surface area contributed by atoms with Crippen LogP contribution in [-0.4, -0.2) is 37.6 Å². The van der Waals surface area contributed by atoms with Crippen molar-refractivity contribution < 1.29 is 14.3 Å². The van der Waals surface area contributed by atoms with Crippen LogP contribution < -0.4 is 16.2 Å². The number of hydrogen-bond acceptors (Lipinski definition) is 4. The number of hydrogen-bond donors (Lipinski definition) is 3. The molecule has 15 heavy (non-hydrogen) atoms. The summed E-state index contributed by atoms with van der Waals surface area (Å²) in [5, 5.41) is 3.27. The number of amides is 1. The normalized spacial score (nSPS) is 19.4. The Morgan fingerprint density at radius 1 is 1.60 bits per heavy atom. The molecule has 1 aliphatic heterocycles. The zero-order valence-electron chi connectivity index (χ0n) is 8.54. The van der Waals surface area contributed by atoms with E-state index < -0.39 is 6.09 Å². The standard InChI is InChI=1S/C8H15N3O3S/c1-13-8(12)11-10-7(15)9-5-6-3-2-4-14-6/h6H,2-5H2,1H3,(H,11,12)(H2,9,10,15)/t6-/m1/s1. The zero-order chi connectivity index (χ0) is 11.1. The molecular weight excluding hydrogens is 218 g/mol. The Hall–Kier alpha value is -1.08. The molecular formula is C8H15N3O3S. The van der Waals surface area contributed by atoms with Gasteiger partial charge in [-0.05, 0) is 25.1 Å². The fourth-order valence-corrected chi connectivity index (χ4v) is 1.35. The van der Waals surface area contributed by atoms with Gasteiger partial charge in [0.2, 0.25) is 0 Å². The number of hydrazine groups is 1. The van der Waals surface area contributed by atoms with E-state index in [2.05, 4.69) is 20.9 Å². The van der Waals surface area contributed by atoms with E-state index in [1.807, 2.05) is 0 Å². The van der Waals surface area contributed by atoms with Crippen molar-refractivity contribution >= 4 is 23.4 Å². The average molecular weight is 233 g/mol. The summed E-state index contributed by atoms with van der Waals surface area (Å²) in [6, 6.07) is 0. The number of thiocarbonyl (C=S) groups is 1. The van der Waals surface area contributed by atoms with Crippen LogP contribution in [0.15, 0.2) is 0 Å². The van der Waals surface area contributed by atoms with Crippen LogP contribution in [0, 0.1) is 0 Å². The highest BCUT2D eigenvalue weighted by molar-refractivity contribution is 7.80. The summed E-state index contributed by atoms with van der Waals surface area (Å²) in [4.78, 5) is 10.7. The smallest absolute Gasteiger partial charge is 0.425 e. The van der Waals surface area contributed by atoms with E-state index in [0.29, 0.717) is 11.7 Å². The summed E-state index contributed by atoms with van der Waals surface area (Å²) in [6.45, 7) is 1.46. The maximum Gasteiger partial charge on any atom is 0.425 e. The largest absolute Gasteiger partial charge is 0.452 e. The minimum Gasteiger partial charge on any atom is -0.452 e. The lowest BCUT2D eigenvalue weighted by Crippen LogP contribution is -2.48. The Kier molecular flexibility index (Phi) is 5.13. The van der Waals surface area contributed by atoms with Gasteiger partial charge in [-0.2, -0.15) is 0 Å². The molecule has 1 fully saturated rings. The minimum absolute atomic E-state index is 0.211. The molecule has 1 atom stereocenters. The molecule has 1 amide bonds. The highest BCUT2D eigenvalue weighted by Crippen LogP contribution is 2.10. The van der Waals surface area contributed by atoms with Gasteiger partial charge in [-0.3, -0.25) is 5.43 Å². The Morgan fingerprint density at radius 2 is 2.40 bits per heavy atom. The monoisotopic (exact) mass is 233 g/mol. The third kappa shape index (κ3) is 4.80. The van der Waals surface area contributed by atoms with Gasteiger partial charge in [0.1, 0.15) is 0 Å². The molecule has 0 aromatic rings. The van der Waals surface area contributed by atoms with Crippen molar-refractivity contribution in [1.82, 2.24) is 16.2 Å². The van der Waals surface area contributed by atoms with Crippen LogP contribution in [0.4, 0.5) is 4.79 Å². The van der Waals surface area contributed by atoms with E-state index in [1.165, 1.54) is 7.11 Å². The van der Waals surface area contributed by atoms with E-state index in [9.17, 15) is 4.79 Å². The number of nitrogens with one attached hydrogen (secondary N) is 3. The summed E-state index contributed by atoms with van der Waals surface area (Å²) in [5.41, 5.74) is 4.75. The topological polar surface area (TPSA) is 71.6 Å². The predicted molar refractivity (Wildman–Crippen MR) is 58.3 cm³/mol. The predicted octanol–water partition coefficient (Wildman–Crippen LogP) is -0.0995. The first kappa shape index (κ1) is 12.0. The molecule has 3 N–H and O–H groups in total. The van der Waals surface area contributed by atoms with Gasteiger partial charge in [0.05, 0.1) is 13.2 Å². The molecule has 0 saturated carbocycles. The average Bonchev–Trinajstić information content (AvgIpc) is 2.75. The van der Waals surface area contributed by atoms with E-state index in [1.54, 1.807) is 0 Å². The van der Waals surface area contributed by atoms with Crippen LogP contribution in [0.3, 0.4) is 0 Å². The third-order valence-electron chi connectivity index (χ3n) is 1.98. The van der Waals surface area contributed by atoms with Crippen molar-refractivity contribution in [2.45, 2.75) is 18.9 Å². The first-order chi connectivity index (χ1) is 7.22. The number of carbonyl (C=O) groups excluding carboxylic acids is 1. The SMILES string of the molecule is COC(=O)NNC(=S)NC[C@H]1CCCO1. The van der Waals surface area contributed by atoms with Crippen LogP contribution in [-0.2, 0) is 9.47 Å². The molecule has 0 aliphatic carbocycles. The molecule has 1 saturated heterocycles. The Bertz CT molecular complexity index is 231. The molecule has 1 heterocycles. The van der Waals surface area contributed by atoms with Crippen molar-refractivity contribution in [2.75, 3.05) is 20.3 Å². The third-order valence-corrected chi connectivity index (χ3v) is 2.22. The van der Waals surface area contributed by atoms with Crippen LogP contribution in [0.2, 0.25) is 0 Å².